The largest absolute Gasteiger partial charge is 0.362 e. The summed E-state index contributed by atoms with van der Waals surface area (Å²) in [5, 5.41) is 8.06. The number of hydrogen-bond acceptors (Lipinski definition) is 4. The fraction of sp³-hybridized carbons (Fsp3) is 0.588. The fourth-order valence-corrected chi connectivity index (χ4v) is 4.56. The minimum Gasteiger partial charge on any atom is -0.362 e. The van der Waals surface area contributed by atoms with Crippen molar-refractivity contribution < 1.29 is 13.3 Å². The first kappa shape index (κ1) is 16.1. The fourth-order valence-electron chi connectivity index (χ4n) is 4.33. The first-order chi connectivity index (χ1) is 11.4. The van der Waals surface area contributed by atoms with Gasteiger partial charge in [-0.15, -0.1) is 0 Å². The Balaban J connectivity index is 1.72. The lowest BCUT2D eigenvalue weighted by Crippen LogP contribution is -2.66. The number of piperidine rings is 3. The molecule has 5 rings (SSSR count). The van der Waals surface area contributed by atoms with Crippen molar-refractivity contribution in [3.8, 4) is 0 Å². The molecule has 0 spiro atoms. The molecule has 4 nitrogen and oxygen atoms in total. The lowest BCUT2D eigenvalue weighted by molar-refractivity contribution is -0.0189. The number of benzene rings is 1. The highest BCUT2D eigenvalue weighted by molar-refractivity contribution is 6.32. The highest BCUT2D eigenvalue weighted by Crippen LogP contribution is 2.42. The van der Waals surface area contributed by atoms with Gasteiger partial charge in [0.25, 0.3) is 6.43 Å². The van der Waals surface area contributed by atoms with E-state index in [0.29, 0.717) is 17.1 Å². The number of anilines is 1. The number of fused-ring (bicyclic) bond motifs is 4. The average Bonchev–Trinajstić information content (AvgIpc) is 2.93. The third-order valence-corrected chi connectivity index (χ3v) is 6.05. The van der Waals surface area contributed by atoms with Gasteiger partial charge in [-0.2, -0.15) is 0 Å². The highest BCUT2D eigenvalue weighted by Gasteiger charge is 2.48. The van der Waals surface area contributed by atoms with E-state index in [9.17, 15) is 8.78 Å². The van der Waals surface area contributed by atoms with E-state index in [1.54, 1.807) is 6.07 Å². The van der Waals surface area contributed by atoms with Crippen LogP contribution in [0, 0.1) is 5.92 Å². The summed E-state index contributed by atoms with van der Waals surface area (Å²) in [7, 11) is 0. The molecule has 2 aromatic rings. The first-order valence-electron chi connectivity index (χ1n) is 8.27. The smallest absolute Gasteiger partial charge is 0.269 e. The van der Waals surface area contributed by atoms with E-state index < -0.39 is 6.43 Å². The standard InChI is InChI=1S/C17H20ClF2N3O/c1-17(2)14(9-5-7-23(17)8-6-9)21-16-10-3-4-11(18)12(15(19)20)13(10)24-22-16/h3-4,9,14-15H,5-8H2,1-2H3,(H,21,22)/t14-/m0/s1. The molecule has 3 aliphatic rings. The van der Waals surface area contributed by atoms with Gasteiger partial charge in [-0.05, 0) is 57.8 Å². The molecule has 0 radical (unpaired) electrons. The van der Waals surface area contributed by atoms with Crippen molar-refractivity contribution in [3.63, 3.8) is 0 Å². The van der Waals surface area contributed by atoms with Gasteiger partial charge in [0.05, 0.1) is 16.0 Å². The highest BCUT2D eigenvalue weighted by atomic mass is 35.5. The Morgan fingerprint density at radius 3 is 2.67 bits per heavy atom. The van der Waals surface area contributed by atoms with E-state index in [4.69, 9.17) is 16.1 Å². The molecule has 3 aliphatic heterocycles. The second-order valence-electron chi connectivity index (χ2n) is 7.27. The van der Waals surface area contributed by atoms with Crippen molar-refractivity contribution in [1.29, 1.82) is 0 Å². The van der Waals surface area contributed by atoms with Crippen LogP contribution in [0.4, 0.5) is 14.6 Å². The Hall–Kier alpha value is -1.40. The monoisotopic (exact) mass is 355 g/mol. The number of nitrogens with zero attached hydrogens (tertiary/aromatic N) is 2. The molecule has 0 aliphatic carbocycles. The molecule has 0 saturated carbocycles. The van der Waals surface area contributed by atoms with E-state index >= 15 is 0 Å². The van der Waals surface area contributed by atoms with Gasteiger partial charge in [-0.1, -0.05) is 16.8 Å². The van der Waals surface area contributed by atoms with Gasteiger partial charge < -0.3 is 9.84 Å². The summed E-state index contributed by atoms with van der Waals surface area (Å²) in [6.07, 6.45) is -0.411. The van der Waals surface area contributed by atoms with Crippen LogP contribution in [0.2, 0.25) is 5.02 Å². The SMILES string of the molecule is CC1(C)[C@@H](Nc2noc3c(C(F)F)c(Cl)ccc23)C2CCN1CC2. The molecular formula is C17H20ClF2N3O. The van der Waals surface area contributed by atoms with Crippen molar-refractivity contribution in [3.05, 3.63) is 22.7 Å². The van der Waals surface area contributed by atoms with Gasteiger partial charge in [0.2, 0.25) is 0 Å². The molecule has 0 amide bonds. The van der Waals surface area contributed by atoms with Crippen LogP contribution < -0.4 is 5.32 Å². The number of halogens is 3. The molecule has 1 atom stereocenters. The lowest BCUT2D eigenvalue weighted by atomic mass is 9.72. The topological polar surface area (TPSA) is 41.3 Å². The van der Waals surface area contributed by atoms with Crippen molar-refractivity contribution >= 4 is 28.4 Å². The third-order valence-electron chi connectivity index (χ3n) is 5.72. The van der Waals surface area contributed by atoms with Crippen molar-refractivity contribution in [2.45, 2.75) is 44.7 Å². The van der Waals surface area contributed by atoms with E-state index in [2.05, 4.69) is 29.2 Å². The van der Waals surface area contributed by atoms with Gasteiger partial charge >= 0.3 is 0 Å². The van der Waals surface area contributed by atoms with Crippen LogP contribution in [0.25, 0.3) is 11.0 Å². The van der Waals surface area contributed by atoms with Gasteiger partial charge in [0.1, 0.15) is 0 Å². The summed E-state index contributed by atoms with van der Waals surface area (Å²) < 4.78 is 31.8. The first-order valence-corrected chi connectivity index (χ1v) is 8.65. The number of aromatic nitrogens is 1. The van der Waals surface area contributed by atoms with Crippen molar-refractivity contribution in [2.75, 3.05) is 18.4 Å². The van der Waals surface area contributed by atoms with Crippen LogP contribution in [0.5, 0.6) is 0 Å². The summed E-state index contributed by atoms with van der Waals surface area (Å²) in [6, 6.07) is 3.38. The van der Waals surface area contributed by atoms with Crippen LogP contribution in [0.3, 0.4) is 0 Å². The van der Waals surface area contributed by atoms with E-state index in [1.807, 2.05) is 0 Å². The summed E-state index contributed by atoms with van der Waals surface area (Å²) >= 11 is 5.90. The second-order valence-corrected chi connectivity index (χ2v) is 7.68. The van der Waals surface area contributed by atoms with Crippen LogP contribution in [-0.4, -0.2) is 34.7 Å². The molecule has 7 heteroatoms. The quantitative estimate of drug-likeness (QED) is 0.866. The maximum atomic E-state index is 13.3. The molecule has 3 fully saturated rings. The summed E-state index contributed by atoms with van der Waals surface area (Å²) in [4.78, 5) is 2.48. The van der Waals surface area contributed by atoms with Crippen molar-refractivity contribution in [1.82, 2.24) is 10.1 Å². The van der Waals surface area contributed by atoms with E-state index in [1.165, 1.54) is 6.07 Å². The van der Waals surface area contributed by atoms with Crippen LogP contribution in [0.1, 0.15) is 38.7 Å². The van der Waals surface area contributed by atoms with E-state index in [0.717, 1.165) is 25.9 Å². The van der Waals surface area contributed by atoms with Crippen LogP contribution >= 0.6 is 11.6 Å². The van der Waals surface area contributed by atoms with Crippen LogP contribution in [-0.2, 0) is 0 Å². The molecule has 2 bridgehead atoms. The molecule has 1 aromatic heterocycles. The Morgan fingerprint density at radius 1 is 1.33 bits per heavy atom. The van der Waals surface area contributed by atoms with E-state index in [-0.39, 0.29) is 27.7 Å². The molecule has 0 unspecified atom stereocenters. The van der Waals surface area contributed by atoms with Gasteiger partial charge in [-0.25, -0.2) is 8.78 Å². The predicted molar refractivity (Wildman–Crippen MR) is 89.8 cm³/mol. The Morgan fingerprint density at radius 2 is 2.04 bits per heavy atom. The predicted octanol–water partition coefficient (Wildman–Crippen LogP) is 4.70. The van der Waals surface area contributed by atoms with Gasteiger partial charge in [0.15, 0.2) is 11.4 Å². The number of rotatable bonds is 3. The van der Waals surface area contributed by atoms with Gasteiger partial charge in [0, 0.05) is 11.6 Å². The molecular weight excluding hydrogens is 336 g/mol. The van der Waals surface area contributed by atoms with Gasteiger partial charge in [-0.3, -0.25) is 4.90 Å². The third kappa shape index (κ3) is 2.30. The zero-order valence-electron chi connectivity index (χ0n) is 13.7. The zero-order valence-corrected chi connectivity index (χ0v) is 14.4. The molecule has 1 N–H and O–H groups in total. The summed E-state index contributed by atoms with van der Waals surface area (Å²) in [5.41, 5.74) is -0.230. The zero-order chi connectivity index (χ0) is 17.1. The molecule has 3 saturated heterocycles. The average molecular weight is 356 g/mol. The molecule has 24 heavy (non-hydrogen) atoms. The number of alkyl halides is 2. The Labute approximate surface area is 144 Å². The maximum absolute atomic E-state index is 13.3. The summed E-state index contributed by atoms with van der Waals surface area (Å²) in [5.74, 6) is 1.08. The Bertz CT molecular complexity index is 769. The molecule has 4 heterocycles. The second kappa shape index (κ2) is 5.56. The number of nitrogens with one attached hydrogen (secondary N) is 1. The lowest BCUT2D eigenvalue weighted by Gasteiger charge is -2.56. The van der Waals surface area contributed by atoms with Crippen molar-refractivity contribution in [2.24, 2.45) is 5.92 Å². The normalized spacial score (nSPS) is 28.7. The number of hydrogen-bond donors (Lipinski definition) is 1. The van der Waals surface area contributed by atoms with Crippen LogP contribution in [0.15, 0.2) is 16.7 Å². The summed E-state index contributed by atoms with van der Waals surface area (Å²) in [6.45, 7) is 6.67. The molecule has 130 valence electrons. The molecule has 1 aromatic carbocycles. The minimum absolute atomic E-state index is 0.00312. The maximum Gasteiger partial charge on any atom is 0.269 e. The minimum atomic E-state index is -2.70. The Kier molecular flexibility index (Phi) is 3.73.